The number of rotatable bonds is 6. The molecule has 0 aliphatic rings. The Bertz CT molecular complexity index is 945. The van der Waals surface area contributed by atoms with E-state index < -0.39 is 0 Å². The first-order valence-corrected chi connectivity index (χ1v) is 11.0. The molecule has 27 heavy (non-hydrogen) atoms. The summed E-state index contributed by atoms with van der Waals surface area (Å²) in [5.74, 6) is 0.827. The quantitative estimate of drug-likeness (QED) is 0.321. The third kappa shape index (κ3) is 5.50. The van der Waals surface area contributed by atoms with Gasteiger partial charge in [0.25, 0.3) is 0 Å². The molecule has 3 rings (SSSR count). The van der Waals surface area contributed by atoms with E-state index in [-0.39, 0.29) is 0 Å². The zero-order chi connectivity index (χ0) is 19.4. The van der Waals surface area contributed by atoms with Crippen LogP contribution in [0.2, 0.25) is 5.02 Å². The molecule has 0 bridgehead atoms. The van der Waals surface area contributed by atoms with Crippen LogP contribution in [0.15, 0.2) is 68.0 Å². The van der Waals surface area contributed by atoms with Gasteiger partial charge in [0.2, 0.25) is 0 Å². The number of benzene rings is 3. The van der Waals surface area contributed by atoms with Gasteiger partial charge in [-0.1, -0.05) is 61.7 Å². The Kier molecular flexibility index (Phi) is 7.26. The van der Waals surface area contributed by atoms with E-state index in [1.807, 2.05) is 55.5 Å². The Balaban J connectivity index is 1.79. The van der Waals surface area contributed by atoms with Crippen molar-refractivity contribution in [1.82, 2.24) is 0 Å². The van der Waals surface area contributed by atoms with E-state index in [2.05, 4.69) is 59.2 Å². The first-order valence-electron chi connectivity index (χ1n) is 8.28. The van der Waals surface area contributed by atoms with Gasteiger partial charge < -0.3 is 10.1 Å². The Morgan fingerprint density at radius 1 is 0.963 bits per heavy atom. The van der Waals surface area contributed by atoms with E-state index in [1.54, 1.807) is 0 Å². The summed E-state index contributed by atoms with van der Waals surface area (Å²) in [6.45, 7) is 3.12. The summed E-state index contributed by atoms with van der Waals surface area (Å²) in [6.07, 6.45) is 0. The van der Waals surface area contributed by atoms with Crippen LogP contribution in [-0.2, 0) is 13.2 Å². The molecular weight excluding hydrogens is 557 g/mol. The molecule has 0 amide bonds. The van der Waals surface area contributed by atoms with Crippen molar-refractivity contribution in [2.75, 3.05) is 5.32 Å². The topological polar surface area (TPSA) is 21.3 Å². The lowest BCUT2D eigenvalue weighted by molar-refractivity contribution is 0.301. The number of anilines is 1. The molecule has 0 saturated heterocycles. The van der Waals surface area contributed by atoms with Crippen LogP contribution in [0.5, 0.6) is 5.75 Å². The molecule has 1 N–H and O–H groups in total. The lowest BCUT2D eigenvalue weighted by Crippen LogP contribution is -2.05. The van der Waals surface area contributed by atoms with Gasteiger partial charge in [-0.15, -0.1) is 0 Å². The van der Waals surface area contributed by atoms with Gasteiger partial charge in [-0.25, -0.2) is 0 Å². The molecule has 0 saturated carbocycles. The molecule has 0 aliphatic carbocycles. The van der Waals surface area contributed by atoms with E-state index in [0.717, 1.165) is 46.6 Å². The van der Waals surface area contributed by atoms with Crippen molar-refractivity contribution >= 4 is 65.1 Å². The smallest absolute Gasteiger partial charge is 0.139 e. The molecule has 0 aliphatic heterocycles. The predicted molar refractivity (Wildman–Crippen MR) is 124 cm³/mol. The Morgan fingerprint density at radius 3 is 2.44 bits per heavy atom. The largest absolute Gasteiger partial charge is 0.487 e. The zero-order valence-corrected chi connectivity index (χ0v) is 20.0. The van der Waals surface area contributed by atoms with Crippen LogP contribution < -0.4 is 10.1 Å². The number of halogens is 4. The van der Waals surface area contributed by atoms with Gasteiger partial charge in [0.15, 0.2) is 0 Å². The van der Waals surface area contributed by atoms with Crippen LogP contribution >= 0.6 is 59.4 Å². The Hall–Kier alpha value is -1.01. The predicted octanol–water partition coefficient (Wildman–Crippen LogP) is 8.13. The van der Waals surface area contributed by atoms with Crippen LogP contribution in [-0.4, -0.2) is 0 Å². The summed E-state index contributed by atoms with van der Waals surface area (Å²) in [6, 6.07) is 18.0. The van der Waals surface area contributed by atoms with Gasteiger partial charge in [0.1, 0.15) is 12.4 Å². The monoisotopic (exact) mass is 571 g/mol. The number of hydrogen-bond acceptors (Lipinski definition) is 2. The lowest BCUT2D eigenvalue weighted by Gasteiger charge is -2.16. The van der Waals surface area contributed by atoms with Crippen LogP contribution in [0.3, 0.4) is 0 Å². The fourth-order valence-electron chi connectivity index (χ4n) is 2.63. The third-order valence-corrected chi connectivity index (χ3v) is 6.10. The minimum atomic E-state index is 0.497. The average Bonchev–Trinajstić information content (AvgIpc) is 2.63. The lowest BCUT2D eigenvalue weighted by atomic mass is 10.1. The minimum absolute atomic E-state index is 0.497. The SMILES string of the molecule is Cc1c(Cl)cccc1NCc1cc(Br)cc(Br)c1OCc1ccc(Br)cc1. The highest BCUT2D eigenvalue weighted by Crippen LogP contribution is 2.34. The first kappa shape index (κ1) is 20.7. The average molecular weight is 575 g/mol. The normalized spacial score (nSPS) is 10.7. The summed E-state index contributed by atoms with van der Waals surface area (Å²) in [5.41, 5.74) is 4.20. The van der Waals surface area contributed by atoms with Crippen LogP contribution in [0.4, 0.5) is 5.69 Å². The molecule has 0 aromatic heterocycles. The maximum absolute atomic E-state index is 6.22. The second kappa shape index (κ2) is 9.46. The molecule has 6 heteroatoms. The summed E-state index contributed by atoms with van der Waals surface area (Å²) >= 11 is 16.9. The van der Waals surface area contributed by atoms with Crippen molar-refractivity contribution in [3.8, 4) is 5.75 Å². The molecule has 0 radical (unpaired) electrons. The van der Waals surface area contributed by atoms with Gasteiger partial charge in [-0.2, -0.15) is 0 Å². The Labute approximate surface area is 189 Å². The third-order valence-electron chi connectivity index (χ3n) is 4.12. The fourth-order valence-corrected chi connectivity index (χ4v) is 4.50. The summed E-state index contributed by atoms with van der Waals surface area (Å²) < 4.78 is 9.10. The maximum Gasteiger partial charge on any atom is 0.139 e. The van der Waals surface area contributed by atoms with E-state index in [0.29, 0.717) is 13.2 Å². The number of ether oxygens (including phenoxy) is 1. The summed E-state index contributed by atoms with van der Waals surface area (Å²) in [5, 5.41) is 4.21. The van der Waals surface area contributed by atoms with Crippen molar-refractivity contribution in [2.45, 2.75) is 20.1 Å². The molecule has 3 aromatic rings. The van der Waals surface area contributed by atoms with E-state index >= 15 is 0 Å². The van der Waals surface area contributed by atoms with Crippen LogP contribution in [0, 0.1) is 6.92 Å². The van der Waals surface area contributed by atoms with Crippen molar-refractivity contribution in [1.29, 1.82) is 0 Å². The molecule has 2 nitrogen and oxygen atoms in total. The van der Waals surface area contributed by atoms with Crippen molar-refractivity contribution in [3.63, 3.8) is 0 Å². The second-order valence-corrected chi connectivity index (χ2v) is 9.15. The van der Waals surface area contributed by atoms with E-state index in [4.69, 9.17) is 16.3 Å². The summed E-state index contributed by atoms with van der Waals surface area (Å²) in [7, 11) is 0. The second-order valence-electron chi connectivity index (χ2n) is 6.06. The Morgan fingerprint density at radius 2 is 1.70 bits per heavy atom. The van der Waals surface area contributed by atoms with Crippen LogP contribution in [0.1, 0.15) is 16.7 Å². The molecule has 0 fully saturated rings. The van der Waals surface area contributed by atoms with Crippen molar-refractivity contribution in [2.24, 2.45) is 0 Å². The van der Waals surface area contributed by atoms with Crippen molar-refractivity contribution in [3.05, 3.63) is 89.7 Å². The van der Waals surface area contributed by atoms with Gasteiger partial charge in [-0.3, -0.25) is 0 Å². The molecular formula is C21H17Br3ClNO. The molecule has 140 valence electrons. The van der Waals surface area contributed by atoms with Gasteiger partial charge in [0, 0.05) is 31.8 Å². The zero-order valence-electron chi connectivity index (χ0n) is 14.5. The highest BCUT2D eigenvalue weighted by Gasteiger charge is 2.12. The minimum Gasteiger partial charge on any atom is -0.487 e. The van der Waals surface area contributed by atoms with Crippen LogP contribution in [0.25, 0.3) is 0 Å². The van der Waals surface area contributed by atoms with Gasteiger partial charge in [0.05, 0.1) is 4.47 Å². The molecule has 0 spiro atoms. The summed E-state index contributed by atoms with van der Waals surface area (Å²) in [4.78, 5) is 0. The van der Waals surface area contributed by atoms with E-state index in [9.17, 15) is 0 Å². The molecule has 0 unspecified atom stereocenters. The van der Waals surface area contributed by atoms with E-state index in [1.165, 1.54) is 0 Å². The number of nitrogens with one attached hydrogen (secondary N) is 1. The highest BCUT2D eigenvalue weighted by atomic mass is 79.9. The highest BCUT2D eigenvalue weighted by molar-refractivity contribution is 9.11. The fraction of sp³-hybridized carbons (Fsp3) is 0.143. The maximum atomic E-state index is 6.22. The standard InChI is InChI=1S/C21H17Br3ClNO/c1-13-19(25)3-2-4-20(13)26-11-15-9-17(23)10-18(24)21(15)27-12-14-5-7-16(22)8-6-14/h2-10,26H,11-12H2,1H3. The van der Waals surface area contributed by atoms with Crippen molar-refractivity contribution < 1.29 is 4.74 Å². The number of hydrogen-bond donors (Lipinski definition) is 1. The first-order chi connectivity index (χ1) is 12.9. The molecule has 0 heterocycles. The molecule has 3 aromatic carbocycles. The molecule has 0 atom stereocenters. The van der Waals surface area contributed by atoms with Gasteiger partial charge in [-0.05, 0) is 70.4 Å². The van der Waals surface area contributed by atoms with Gasteiger partial charge >= 0.3 is 0 Å².